The van der Waals surface area contributed by atoms with Crippen LogP contribution in [0.2, 0.25) is 5.15 Å². The number of nitrogens with zero attached hydrogens (tertiary/aromatic N) is 2. The van der Waals surface area contributed by atoms with E-state index in [1.165, 1.54) is 31.4 Å². The van der Waals surface area contributed by atoms with E-state index in [0.29, 0.717) is 5.75 Å². The number of hydrogen-bond acceptors (Lipinski definition) is 5. The summed E-state index contributed by atoms with van der Waals surface area (Å²) >= 11 is 5.56. The molecule has 0 saturated heterocycles. The van der Waals surface area contributed by atoms with E-state index in [1.807, 2.05) is 0 Å². The third-order valence-electron chi connectivity index (χ3n) is 2.25. The van der Waals surface area contributed by atoms with E-state index in [0.717, 1.165) is 0 Å². The molecular formula is C11H9ClN2O3S. The van der Waals surface area contributed by atoms with Gasteiger partial charge < -0.3 is 4.74 Å². The van der Waals surface area contributed by atoms with Crippen LogP contribution in [0, 0.1) is 0 Å². The maximum atomic E-state index is 12.2. The Labute approximate surface area is 109 Å². The summed E-state index contributed by atoms with van der Waals surface area (Å²) in [6.45, 7) is 0. The van der Waals surface area contributed by atoms with Gasteiger partial charge in [0.05, 0.1) is 12.0 Å². The van der Waals surface area contributed by atoms with Crippen LogP contribution in [0.1, 0.15) is 0 Å². The molecule has 1 aromatic carbocycles. The van der Waals surface area contributed by atoms with Crippen molar-refractivity contribution in [3.05, 3.63) is 41.6 Å². The van der Waals surface area contributed by atoms with Crippen LogP contribution < -0.4 is 4.74 Å². The largest absolute Gasteiger partial charge is 0.497 e. The number of hydrogen-bond donors (Lipinski definition) is 0. The molecule has 0 unspecified atom stereocenters. The minimum atomic E-state index is -3.67. The highest BCUT2D eigenvalue weighted by atomic mass is 35.5. The Morgan fingerprint density at radius 3 is 2.22 bits per heavy atom. The van der Waals surface area contributed by atoms with Crippen molar-refractivity contribution in [2.45, 2.75) is 9.92 Å². The summed E-state index contributed by atoms with van der Waals surface area (Å²) in [4.78, 5) is 0.125. The van der Waals surface area contributed by atoms with Gasteiger partial charge in [-0.2, -0.15) is 0 Å². The van der Waals surface area contributed by atoms with Gasteiger partial charge in [0.1, 0.15) is 5.75 Å². The molecule has 5 nitrogen and oxygen atoms in total. The fraction of sp³-hybridized carbons (Fsp3) is 0.0909. The van der Waals surface area contributed by atoms with Crippen LogP contribution in [0.3, 0.4) is 0 Å². The summed E-state index contributed by atoms with van der Waals surface area (Å²) < 4.78 is 29.3. The molecule has 0 radical (unpaired) electrons. The molecule has 94 valence electrons. The molecule has 0 saturated carbocycles. The van der Waals surface area contributed by atoms with Gasteiger partial charge in [0, 0.05) is 0 Å². The van der Waals surface area contributed by atoms with Crippen LogP contribution in [0.4, 0.5) is 0 Å². The third-order valence-corrected chi connectivity index (χ3v) is 4.12. The maximum Gasteiger partial charge on any atom is 0.225 e. The fourth-order valence-corrected chi connectivity index (χ4v) is 2.55. The smallest absolute Gasteiger partial charge is 0.225 e. The van der Waals surface area contributed by atoms with Crippen molar-refractivity contribution < 1.29 is 13.2 Å². The Balaban J connectivity index is 2.44. The molecule has 0 bridgehead atoms. The molecule has 2 aromatic rings. The number of ether oxygens (including phenoxy) is 1. The Morgan fingerprint density at radius 1 is 1.06 bits per heavy atom. The van der Waals surface area contributed by atoms with Gasteiger partial charge in [-0.05, 0) is 36.4 Å². The number of halogens is 1. The van der Waals surface area contributed by atoms with Gasteiger partial charge in [-0.25, -0.2) is 8.42 Å². The second-order valence-electron chi connectivity index (χ2n) is 3.37. The van der Waals surface area contributed by atoms with E-state index in [1.54, 1.807) is 12.1 Å². The van der Waals surface area contributed by atoms with Crippen molar-refractivity contribution >= 4 is 21.4 Å². The van der Waals surface area contributed by atoms with Gasteiger partial charge in [-0.1, -0.05) is 11.6 Å². The van der Waals surface area contributed by atoms with Gasteiger partial charge >= 0.3 is 0 Å². The van der Waals surface area contributed by atoms with E-state index in [-0.39, 0.29) is 15.1 Å². The van der Waals surface area contributed by atoms with Crippen LogP contribution in [-0.4, -0.2) is 25.7 Å². The van der Waals surface area contributed by atoms with E-state index < -0.39 is 9.84 Å². The van der Waals surface area contributed by atoms with Gasteiger partial charge in [0.2, 0.25) is 9.84 Å². The Hall–Kier alpha value is -1.66. The molecular weight excluding hydrogens is 276 g/mol. The monoisotopic (exact) mass is 284 g/mol. The van der Waals surface area contributed by atoms with E-state index >= 15 is 0 Å². The van der Waals surface area contributed by atoms with Gasteiger partial charge in [-0.15, -0.1) is 10.2 Å². The van der Waals surface area contributed by atoms with Gasteiger partial charge in [0.25, 0.3) is 0 Å². The summed E-state index contributed by atoms with van der Waals surface area (Å²) in [5.74, 6) is 0.580. The van der Waals surface area contributed by atoms with Crippen molar-refractivity contribution in [3.8, 4) is 5.75 Å². The maximum absolute atomic E-state index is 12.2. The van der Waals surface area contributed by atoms with Crippen molar-refractivity contribution in [3.63, 3.8) is 0 Å². The number of methoxy groups -OCH3 is 1. The molecule has 0 atom stereocenters. The van der Waals surface area contributed by atoms with Crippen molar-refractivity contribution in [1.29, 1.82) is 0 Å². The zero-order valence-electron chi connectivity index (χ0n) is 9.37. The molecule has 0 aliphatic carbocycles. The predicted octanol–water partition coefficient (Wildman–Crippen LogP) is 1.97. The SMILES string of the molecule is COc1ccc(S(=O)(=O)c2ccc(Cl)nn2)cc1. The molecule has 0 spiro atoms. The quantitative estimate of drug-likeness (QED) is 0.862. The zero-order chi connectivity index (χ0) is 13.2. The predicted molar refractivity (Wildman–Crippen MR) is 65.5 cm³/mol. The lowest BCUT2D eigenvalue weighted by atomic mass is 10.3. The first-order valence-corrected chi connectivity index (χ1v) is 6.78. The lowest BCUT2D eigenvalue weighted by Crippen LogP contribution is -2.05. The number of aromatic nitrogens is 2. The Bertz CT molecular complexity index is 639. The number of benzene rings is 1. The Kier molecular flexibility index (Phi) is 3.49. The minimum Gasteiger partial charge on any atom is -0.497 e. The average Bonchev–Trinajstić information content (AvgIpc) is 2.39. The first-order valence-electron chi connectivity index (χ1n) is 4.92. The first kappa shape index (κ1) is 12.8. The molecule has 0 fully saturated rings. The Morgan fingerprint density at radius 2 is 1.72 bits per heavy atom. The molecule has 1 aromatic heterocycles. The highest BCUT2D eigenvalue weighted by Gasteiger charge is 2.19. The molecule has 18 heavy (non-hydrogen) atoms. The summed E-state index contributed by atoms with van der Waals surface area (Å²) in [6.07, 6.45) is 0. The number of sulfone groups is 1. The van der Waals surface area contributed by atoms with Crippen LogP contribution >= 0.6 is 11.6 Å². The fourth-order valence-electron chi connectivity index (χ4n) is 1.32. The summed E-state index contributed by atoms with van der Waals surface area (Å²) in [7, 11) is -2.16. The van der Waals surface area contributed by atoms with Crippen molar-refractivity contribution in [1.82, 2.24) is 10.2 Å². The van der Waals surface area contributed by atoms with Crippen molar-refractivity contribution in [2.24, 2.45) is 0 Å². The third kappa shape index (κ3) is 2.44. The van der Waals surface area contributed by atoms with Crippen LogP contribution in [-0.2, 0) is 9.84 Å². The summed E-state index contributed by atoms with van der Waals surface area (Å²) in [5.41, 5.74) is 0. The normalized spacial score (nSPS) is 11.2. The lowest BCUT2D eigenvalue weighted by molar-refractivity contribution is 0.414. The van der Waals surface area contributed by atoms with Crippen molar-refractivity contribution in [2.75, 3.05) is 7.11 Å². The molecule has 0 N–H and O–H groups in total. The second-order valence-corrected chi connectivity index (χ2v) is 5.66. The second kappa shape index (κ2) is 4.91. The highest BCUT2D eigenvalue weighted by molar-refractivity contribution is 7.91. The molecule has 1 heterocycles. The highest BCUT2D eigenvalue weighted by Crippen LogP contribution is 2.21. The van der Waals surface area contributed by atoms with E-state index in [9.17, 15) is 8.42 Å². The lowest BCUT2D eigenvalue weighted by Gasteiger charge is -2.04. The van der Waals surface area contributed by atoms with E-state index in [4.69, 9.17) is 16.3 Å². The van der Waals surface area contributed by atoms with Gasteiger partial charge in [-0.3, -0.25) is 0 Å². The summed E-state index contributed by atoms with van der Waals surface area (Å²) in [6, 6.07) is 8.72. The molecule has 7 heteroatoms. The molecule has 0 amide bonds. The number of rotatable bonds is 3. The standard InChI is InChI=1S/C11H9ClN2O3S/c1-17-8-2-4-9(5-3-8)18(15,16)11-7-6-10(12)13-14-11/h2-7H,1H3. The van der Waals surface area contributed by atoms with E-state index in [2.05, 4.69) is 10.2 Å². The van der Waals surface area contributed by atoms with Crippen LogP contribution in [0.5, 0.6) is 5.75 Å². The van der Waals surface area contributed by atoms with Crippen LogP contribution in [0.15, 0.2) is 46.3 Å². The zero-order valence-corrected chi connectivity index (χ0v) is 10.9. The van der Waals surface area contributed by atoms with Crippen LogP contribution in [0.25, 0.3) is 0 Å². The average molecular weight is 285 g/mol. The topological polar surface area (TPSA) is 69.2 Å². The first-order chi connectivity index (χ1) is 8.54. The molecule has 2 rings (SSSR count). The molecule has 0 aliphatic heterocycles. The van der Waals surface area contributed by atoms with Gasteiger partial charge in [0.15, 0.2) is 10.2 Å². The molecule has 0 aliphatic rings. The summed E-state index contributed by atoms with van der Waals surface area (Å²) in [5, 5.41) is 7.08. The minimum absolute atomic E-state index is 0.125.